The van der Waals surface area contributed by atoms with Crippen molar-refractivity contribution in [2.45, 2.75) is 12.6 Å². The van der Waals surface area contributed by atoms with Gasteiger partial charge in [0.2, 0.25) is 5.78 Å². The minimum Gasteiger partial charge on any atom is -0.503 e. The number of benzene rings is 1. The van der Waals surface area contributed by atoms with E-state index < -0.39 is 23.5 Å². The summed E-state index contributed by atoms with van der Waals surface area (Å²) in [6.45, 7) is 0.233. The average Bonchev–Trinajstić information content (AvgIpc) is 3.57. The molecule has 3 aromatic heterocycles. The maximum atomic E-state index is 13.5. The van der Waals surface area contributed by atoms with Crippen LogP contribution in [0.5, 0.6) is 5.75 Å². The molecule has 31 heavy (non-hydrogen) atoms. The highest BCUT2D eigenvalue weighted by Crippen LogP contribution is 2.41. The highest BCUT2D eigenvalue weighted by molar-refractivity contribution is 7.09. The number of thiophene rings is 1. The molecule has 0 bridgehead atoms. The van der Waals surface area contributed by atoms with E-state index in [1.807, 2.05) is 17.5 Å². The Bertz CT molecular complexity index is 1300. The highest BCUT2D eigenvalue weighted by atomic mass is 32.1. The molecular formula is C23H17NO6S. The topological polar surface area (TPSA) is 93.1 Å². The van der Waals surface area contributed by atoms with Gasteiger partial charge in [0.15, 0.2) is 22.9 Å². The van der Waals surface area contributed by atoms with Crippen LogP contribution in [0, 0.1) is 0 Å². The number of aliphatic hydroxyl groups is 1. The summed E-state index contributed by atoms with van der Waals surface area (Å²) in [5.74, 6) is -0.949. The van der Waals surface area contributed by atoms with Crippen LogP contribution in [0.4, 0.5) is 0 Å². The van der Waals surface area contributed by atoms with E-state index in [2.05, 4.69) is 0 Å². The van der Waals surface area contributed by atoms with Crippen molar-refractivity contribution in [3.05, 3.63) is 87.9 Å². The van der Waals surface area contributed by atoms with E-state index in [0.717, 1.165) is 4.88 Å². The number of nitrogens with zero attached hydrogens (tertiary/aromatic N) is 1. The third-order valence-electron chi connectivity index (χ3n) is 5.22. The van der Waals surface area contributed by atoms with E-state index in [1.54, 1.807) is 36.4 Å². The second-order valence-electron chi connectivity index (χ2n) is 7.01. The predicted molar refractivity (Wildman–Crippen MR) is 113 cm³/mol. The molecule has 1 aliphatic heterocycles. The summed E-state index contributed by atoms with van der Waals surface area (Å²) < 4.78 is 16.6. The summed E-state index contributed by atoms with van der Waals surface area (Å²) in [5, 5.41) is 13.3. The van der Waals surface area contributed by atoms with E-state index in [1.165, 1.54) is 29.6 Å². The maximum Gasteiger partial charge on any atom is 0.290 e. The molecule has 1 aliphatic rings. The van der Waals surface area contributed by atoms with Gasteiger partial charge in [0.1, 0.15) is 11.8 Å². The van der Waals surface area contributed by atoms with Gasteiger partial charge in [0, 0.05) is 10.3 Å². The normalized spacial score (nSPS) is 16.5. The lowest BCUT2D eigenvalue weighted by molar-refractivity contribution is -0.130. The minimum absolute atomic E-state index is 0.00313. The fourth-order valence-corrected chi connectivity index (χ4v) is 4.51. The molecule has 4 aromatic rings. The second-order valence-corrected chi connectivity index (χ2v) is 8.04. The number of ketones is 1. The van der Waals surface area contributed by atoms with E-state index >= 15 is 0 Å². The molecule has 0 fully saturated rings. The molecule has 5 rings (SSSR count). The van der Waals surface area contributed by atoms with Gasteiger partial charge in [0.25, 0.3) is 5.91 Å². The number of amides is 1. The quantitative estimate of drug-likeness (QED) is 0.434. The van der Waals surface area contributed by atoms with Gasteiger partial charge in [-0.15, -0.1) is 11.3 Å². The molecule has 0 radical (unpaired) electrons. The molecule has 4 heterocycles. The van der Waals surface area contributed by atoms with E-state index in [4.69, 9.17) is 13.6 Å². The summed E-state index contributed by atoms with van der Waals surface area (Å²) in [5.41, 5.74) is 0.345. The number of rotatable bonds is 6. The number of hydrogen-bond donors (Lipinski definition) is 1. The minimum atomic E-state index is -0.868. The summed E-state index contributed by atoms with van der Waals surface area (Å²) in [7, 11) is 1.51. The lowest BCUT2D eigenvalue weighted by Crippen LogP contribution is -2.30. The monoisotopic (exact) mass is 435 g/mol. The van der Waals surface area contributed by atoms with Crippen molar-refractivity contribution >= 4 is 34.0 Å². The number of hydrogen-bond acceptors (Lipinski definition) is 7. The average molecular weight is 435 g/mol. The molecule has 1 unspecified atom stereocenters. The number of ether oxygens (including phenoxy) is 1. The molecule has 1 amide bonds. The zero-order valence-corrected chi connectivity index (χ0v) is 17.2. The number of methoxy groups -OCH3 is 1. The summed E-state index contributed by atoms with van der Waals surface area (Å²) in [4.78, 5) is 28.7. The molecule has 1 aromatic carbocycles. The van der Waals surface area contributed by atoms with Gasteiger partial charge < -0.3 is 23.6 Å². The Morgan fingerprint density at radius 2 is 2.10 bits per heavy atom. The van der Waals surface area contributed by atoms with Gasteiger partial charge in [-0.3, -0.25) is 9.59 Å². The molecule has 8 heteroatoms. The van der Waals surface area contributed by atoms with Crippen LogP contribution in [0.25, 0.3) is 11.0 Å². The van der Waals surface area contributed by atoms with Crippen LogP contribution in [-0.2, 0) is 11.3 Å². The number of fused-ring (bicyclic) bond motifs is 1. The molecule has 1 N–H and O–H groups in total. The third kappa shape index (κ3) is 3.12. The Hall–Kier alpha value is -3.78. The third-order valence-corrected chi connectivity index (χ3v) is 6.08. The molecule has 0 saturated heterocycles. The van der Waals surface area contributed by atoms with Crippen LogP contribution in [0.3, 0.4) is 0 Å². The molecule has 156 valence electrons. The predicted octanol–water partition coefficient (Wildman–Crippen LogP) is 4.87. The van der Waals surface area contributed by atoms with Gasteiger partial charge in [-0.25, -0.2) is 0 Å². The lowest BCUT2D eigenvalue weighted by atomic mass is 9.99. The van der Waals surface area contributed by atoms with Gasteiger partial charge in [0.05, 0.1) is 25.5 Å². The molecule has 7 nitrogen and oxygen atoms in total. The Morgan fingerprint density at radius 3 is 2.81 bits per heavy atom. The maximum absolute atomic E-state index is 13.5. The summed E-state index contributed by atoms with van der Waals surface area (Å²) in [6, 6.07) is 13.1. The fraction of sp³-hybridized carbons (Fsp3) is 0.130. The van der Waals surface area contributed by atoms with Gasteiger partial charge in [-0.05, 0) is 35.7 Å². The summed E-state index contributed by atoms with van der Waals surface area (Å²) >= 11 is 1.48. The van der Waals surface area contributed by atoms with Crippen LogP contribution in [0.15, 0.2) is 80.3 Å². The zero-order valence-electron chi connectivity index (χ0n) is 16.4. The molecular weight excluding hydrogens is 418 g/mol. The number of Topliss-reactive ketones (excluding diaryl/α,β-unsaturated/α-hetero) is 1. The SMILES string of the molecule is COc1cccc2cc(C(=O)C3=C(O)C(=O)N(Cc4cccs4)C3c3ccco3)oc12. The van der Waals surface area contributed by atoms with Crippen LogP contribution >= 0.6 is 11.3 Å². The number of carbonyl (C=O) groups is 2. The van der Waals surface area contributed by atoms with Crippen molar-refractivity contribution < 1.29 is 28.3 Å². The zero-order chi connectivity index (χ0) is 21.5. The first-order valence-electron chi connectivity index (χ1n) is 9.49. The lowest BCUT2D eigenvalue weighted by Gasteiger charge is -2.24. The number of aliphatic hydroxyl groups excluding tert-OH is 1. The van der Waals surface area contributed by atoms with Crippen LogP contribution in [0.1, 0.15) is 27.2 Å². The Balaban J connectivity index is 1.59. The largest absolute Gasteiger partial charge is 0.503 e. The second kappa shape index (κ2) is 7.48. The highest BCUT2D eigenvalue weighted by Gasteiger charge is 2.46. The Morgan fingerprint density at radius 1 is 1.23 bits per heavy atom. The number of para-hydroxylation sites is 1. The Kier molecular flexibility index (Phi) is 4.63. The van der Waals surface area contributed by atoms with Gasteiger partial charge >= 0.3 is 0 Å². The molecule has 0 spiro atoms. The smallest absolute Gasteiger partial charge is 0.290 e. The molecule has 1 atom stereocenters. The van der Waals surface area contributed by atoms with Gasteiger partial charge in [-0.2, -0.15) is 0 Å². The Labute approximate surface area is 180 Å². The number of carbonyl (C=O) groups excluding carboxylic acids is 2. The van der Waals surface area contributed by atoms with Crippen molar-refractivity contribution in [3.8, 4) is 5.75 Å². The molecule has 0 aliphatic carbocycles. The first-order chi connectivity index (χ1) is 15.1. The van der Waals surface area contributed by atoms with Gasteiger partial charge in [-0.1, -0.05) is 18.2 Å². The first-order valence-corrected chi connectivity index (χ1v) is 10.4. The standard InChI is InChI=1S/C23H17NO6S/c1-28-16-7-2-5-13-11-17(30-22(13)16)20(25)18-19(15-8-3-9-29-15)24(23(27)21(18)26)12-14-6-4-10-31-14/h2-11,19,26H,12H2,1H3. The van der Waals surface area contributed by atoms with Crippen molar-refractivity contribution in [1.82, 2.24) is 4.90 Å². The first kappa shape index (κ1) is 19.2. The van der Waals surface area contributed by atoms with E-state index in [-0.39, 0.29) is 17.9 Å². The molecule has 0 saturated carbocycles. The van der Waals surface area contributed by atoms with E-state index in [9.17, 15) is 14.7 Å². The summed E-state index contributed by atoms with van der Waals surface area (Å²) in [6.07, 6.45) is 1.46. The van der Waals surface area contributed by atoms with Crippen molar-refractivity contribution in [2.24, 2.45) is 0 Å². The number of furan rings is 2. The van der Waals surface area contributed by atoms with Crippen molar-refractivity contribution in [1.29, 1.82) is 0 Å². The van der Waals surface area contributed by atoms with Crippen molar-refractivity contribution in [3.63, 3.8) is 0 Å². The van der Waals surface area contributed by atoms with Crippen LogP contribution in [-0.4, -0.2) is 28.8 Å². The van der Waals surface area contributed by atoms with Crippen LogP contribution < -0.4 is 4.74 Å². The van der Waals surface area contributed by atoms with Crippen LogP contribution in [0.2, 0.25) is 0 Å². The fourth-order valence-electron chi connectivity index (χ4n) is 3.80. The van der Waals surface area contributed by atoms with Crippen molar-refractivity contribution in [2.75, 3.05) is 7.11 Å². The van der Waals surface area contributed by atoms with E-state index in [0.29, 0.717) is 22.5 Å².